The Morgan fingerprint density at radius 2 is 2.13 bits per heavy atom. The maximum atomic E-state index is 12.4. The smallest absolute Gasteiger partial charge is 0.433 e. The van der Waals surface area contributed by atoms with Gasteiger partial charge >= 0.3 is 17.8 Å². The zero-order valence-electron chi connectivity index (χ0n) is 11.6. The molecule has 0 saturated heterocycles. The number of carboxylic acids is 1. The molecule has 2 aromatic heterocycles. The van der Waals surface area contributed by atoms with Crippen molar-refractivity contribution in [2.75, 3.05) is 0 Å². The van der Waals surface area contributed by atoms with Crippen LogP contribution < -0.4 is 5.69 Å². The molecule has 1 aliphatic rings. The SMILES string of the molecule is O=C(O)[C@@H]1CCc2nn(Cc3ccc(C(F)(F)F)nc3)c(=O)n21. The number of halogens is 3. The summed E-state index contributed by atoms with van der Waals surface area (Å²) in [5.41, 5.74) is -1.25. The molecule has 10 heteroatoms. The summed E-state index contributed by atoms with van der Waals surface area (Å²) in [6.45, 7) is -0.0731. The second kappa shape index (κ2) is 5.21. The number of hydrogen-bond acceptors (Lipinski definition) is 4. The van der Waals surface area contributed by atoms with Gasteiger partial charge in [0.15, 0.2) is 0 Å². The van der Waals surface area contributed by atoms with Gasteiger partial charge in [-0.05, 0) is 18.1 Å². The van der Waals surface area contributed by atoms with Crippen molar-refractivity contribution in [1.82, 2.24) is 19.3 Å². The highest BCUT2D eigenvalue weighted by Gasteiger charge is 2.33. The Labute approximate surface area is 127 Å². The minimum Gasteiger partial charge on any atom is -0.480 e. The summed E-state index contributed by atoms with van der Waals surface area (Å²) in [6, 6.07) is 1.09. The van der Waals surface area contributed by atoms with E-state index in [2.05, 4.69) is 10.1 Å². The quantitative estimate of drug-likeness (QED) is 0.910. The minimum absolute atomic E-state index is 0.0731. The number of alkyl halides is 3. The van der Waals surface area contributed by atoms with Gasteiger partial charge in [0.2, 0.25) is 0 Å². The van der Waals surface area contributed by atoms with Gasteiger partial charge in [-0.25, -0.2) is 14.3 Å². The number of aromatic nitrogens is 4. The third-order valence-electron chi connectivity index (χ3n) is 3.63. The Morgan fingerprint density at radius 3 is 2.70 bits per heavy atom. The summed E-state index contributed by atoms with van der Waals surface area (Å²) in [5, 5.41) is 13.1. The van der Waals surface area contributed by atoms with E-state index in [4.69, 9.17) is 5.11 Å². The van der Waals surface area contributed by atoms with Gasteiger partial charge in [-0.3, -0.25) is 9.55 Å². The van der Waals surface area contributed by atoms with Crippen molar-refractivity contribution in [2.45, 2.75) is 31.6 Å². The van der Waals surface area contributed by atoms with Crippen LogP contribution in [0, 0.1) is 0 Å². The molecule has 0 radical (unpaired) electrons. The molecule has 0 fully saturated rings. The summed E-state index contributed by atoms with van der Waals surface area (Å²) in [4.78, 5) is 26.6. The van der Waals surface area contributed by atoms with E-state index in [0.717, 1.165) is 21.5 Å². The number of carbonyl (C=O) groups is 1. The Balaban J connectivity index is 1.86. The molecule has 1 atom stereocenters. The predicted molar refractivity (Wildman–Crippen MR) is 69.8 cm³/mol. The molecule has 2 aromatic rings. The first kappa shape index (κ1) is 15.3. The first-order valence-corrected chi connectivity index (χ1v) is 6.70. The molecule has 0 aliphatic carbocycles. The average molecular weight is 328 g/mol. The highest BCUT2D eigenvalue weighted by atomic mass is 19.4. The molecule has 7 nitrogen and oxygen atoms in total. The molecule has 3 rings (SSSR count). The molecule has 23 heavy (non-hydrogen) atoms. The fourth-order valence-corrected chi connectivity index (χ4v) is 2.54. The molecule has 0 amide bonds. The molecule has 1 N–H and O–H groups in total. The van der Waals surface area contributed by atoms with Crippen LogP contribution in [-0.4, -0.2) is 30.4 Å². The molecular weight excluding hydrogens is 317 g/mol. The van der Waals surface area contributed by atoms with Crippen molar-refractivity contribution >= 4 is 5.97 Å². The van der Waals surface area contributed by atoms with Gasteiger partial charge in [-0.2, -0.15) is 18.3 Å². The third kappa shape index (κ3) is 2.71. The Hall–Kier alpha value is -2.65. The predicted octanol–water partition coefficient (Wildman–Crippen LogP) is 1.08. The van der Waals surface area contributed by atoms with Gasteiger partial charge in [0.05, 0.1) is 6.54 Å². The normalized spacial score (nSPS) is 17.3. The molecule has 0 bridgehead atoms. The fourth-order valence-electron chi connectivity index (χ4n) is 2.54. The Morgan fingerprint density at radius 1 is 1.39 bits per heavy atom. The van der Waals surface area contributed by atoms with Crippen molar-refractivity contribution in [3.05, 3.63) is 45.9 Å². The van der Waals surface area contributed by atoms with Gasteiger partial charge in [-0.15, -0.1) is 0 Å². The molecular formula is C13H11F3N4O3. The van der Waals surface area contributed by atoms with Crippen LogP contribution in [0.15, 0.2) is 23.1 Å². The van der Waals surface area contributed by atoms with E-state index in [1.54, 1.807) is 0 Å². The second-order valence-electron chi connectivity index (χ2n) is 5.17. The maximum Gasteiger partial charge on any atom is 0.433 e. The number of pyridine rings is 1. The Bertz CT molecular complexity index is 807. The topological polar surface area (TPSA) is 90.0 Å². The summed E-state index contributed by atoms with van der Waals surface area (Å²) < 4.78 is 39.5. The van der Waals surface area contributed by atoms with E-state index in [0.29, 0.717) is 24.2 Å². The number of rotatable bonds is 3. The third-order valence-corrected chi connectivity index (χ3v) is 3.63. The lowest BCUT2D eigenvalue weighted by atomic mass is 10.2. The minimum atomic E-state index is -4.53. The molecule has 0 aromatic carbocycles. The van der Waals surface area contributed by atoms with E-state index in [1.807, 2.05) is 0 Å². The van der Waals surface area contributed by atoms with Crippen LogP contribution in [0.25, 0.3) is 0 Å². The van der Waals surface area contributed by atoms with Crippen molar-refractivity contribution in [3.63, 3.8) is 0 Å². The lowest BCUT2D eigenvalue weighted by Gasteiger charge is -2.07. The van der Waals surface area contributed by atoms with E-state index in [-0.39, 0.29) is 6.54 Å². The van der Waals surface area contributed by atoms with Crippen LogP contribution in [0.4, 0.5) is 13.2 Å². The summed E-state index contributed by atoms with van der Waals surface area (Å²) in [6.07, 6.45) is -2.84. The van der Waals surface area contributed by atoms with Crippen molar-refractivity contribution < 1.29 is 23.1 Å². The zero-order chi connectivity index (χ0) is 16.8. The monoisotopic (exact) mass is 328 g/mol. The first-order valence-electron chi connectivity index (χ1n) is 6.70. The van der Waals surface area contributed by atoms with Gasteiger partial charge in [0.25, 0.3) is 0 Å². The lowest BCUT2D eigenvalue weighted by molar-refractivity contribution is -0.141. The van der Waals surface area contributed by atoms with Gasteiger partial charge in [0.1, 0.15) is 17.6 Å². The van der Waals surface area contributed by atoms with Crippen LogP contribution in [0.5, 0.6) is 0 Å². The van der Waals surface area contributed by atoms with E-state index < -0.39 is 29.6 Å². The molecule has 3 heterocycles. The molecule has 0 unspecified atom stereocenters. The highest BCUT2D eigenvalue weighted by Crippen LogP contribution is 2.27. The Kier molecular flexibility index (Phi) is 3.46. The zero-order valence-corrected chi connectivity index (χ0v) is 11.6. The first-order chi connectivity index (χ1) is 10.8. The number of aryl methyl sites for hydroxylation is 1. The molecule has 0 saturated carbocycles. The van der Waals surface area contributed by atoms with Crippen LogP contribution in [-0.2, 0) is 23.9 Å². The van der Waals surface area contributed by atoms with Crippen LogP contribution >= 0.6 is 0 Å². The largest absolute Gasteiger partial charge is 0.480 e. The number of aliphatic carboxylic acids is 1. The molecule has 122 valence electrons. The molecule has 0 spiro atoms. The number of hydrogen-bond donors (Lipinski definition) is 1. The van der Waals surface area contributed by atoms with Crippen LogP contribution in [0.3, 0.4) is 0 Å². The van der Waals surface area contributed by atoms with E-state index >= 15 is 0 Å². The summed E-state index contributed by atoms with van der Waals surface area (Å²) in [5.74, 6) is -0.746. The van der Waals surface area contributed by atoms with Crippen LogP contribution in [0.2, 0.25) is 0 Å². The van der Waals surface area contributed by atoms with Crippen molar-refractivity contribution in [1.29, 1.82) is 0 Å². The van der Waals surface area contributed by atoms with E-state index in [1.165, 1.54) is 6.07 Å². The maximum absolute atomic E-state index is 12.4. The standard InChI is InChI=1S/C13H11F3N4O3/c14-13(15,16)9-3-1-7(5-17-9)6-19-12(23)20-8(11(21)22)2-4-10(20)18-19/h1,3,5,8H,2,4,6H2,(H,21,22)/t8-/m0/s1. The highest BCUT2D eigenvalue weighted by molar-refractivity contribution is 5.72. The van der Waals surface area contributed by atoms with Gasteiger partial charge in [-0.1, -0.05) is 6.07 Å². The van der Waals surface area contributed by atoms with Crippen molar-refractivity contribution in [2.24, 2.45) is 0 Å². The summed E-state index contributed by atoms with van der Waals surface area (Å²) in [7, 11) is 0. The van der Waals surface area contributed by atoms with Gasteiger partial charge in [0, 0.05) is 12.6 Å². The average Bonchev–Trinajstić information content (AvgIpc) is 3.00. The number of nitrogens with zero attached hydrogens (tertiary/aromatic N) is 4. The fraction of sp³-hybridized carbons (Fsp3) is 0.385. The van der Waals surface area contributed by atoms with Crippen molar-refractivity contribution in [3.8, 4) is 0 Å². The van der Waals surface area contributed by atoms with E-state index in [9.17, 15) is 22.8 Å². The summed E-state index contributed by atoms with van der Waals surface area (Å²) >= 11 is 0. The number of carboxylic acid groups (broad SMARTS) is 1. The van der Waals surface area contributed by atoms with Gasteiger partial charge < -0.3 is 5.11 Å². The lowest BCUT2D eigenvalue weighted by Crippen LogP contribution is -2.30. The molecule has 1 aliphatic heterocycles. The second-order valence-corrected chi connectivity index (χ2v) is 5.17. The van der Waals surface area contributed by atoms with Crippen LogP contribution in [0.1, 0.15) is 29.5 Å². The number of fused-ring (bicyclic) bond motifs is 1.